The third kappa shape index (κ3) is 2.83. The molecular weight excluding hydrogens is 208 g/mol. The van der Waals surface area contributed by atoms with Crippen LogP contribution in [0.2, 0.25) is 0 Å². The fourth-order valence-corrected chi connectivity index (χ4v) is 3.11. The Hall–Kier alpha value is -0.980. The summed E-state index contributed by atoms with van der Waals surface area (Å²) < 4.78 is 6.12. The highest BCUT2D eigenvalue weighted by molar-refractivity contribution is 5.35. The van der Waals surface area contributed by atoms with Crippen molar-refractivity contribution in [3.63, 3.8) is 0 Å². The Kier molecular flexibility index (Phi) is 4.47. The van der Waals surface area contributed by atoms with Gasteiger partial charge in [-0.2, -0.15) is 0 Å². The van der Waals surface area contributed by atoms with Crippen LogP contribution in [-0.4, -0.2) is 6.10 Å². The number of allylic oxidation sites excluding steroid dienone is 4. The molecule has 2 atom stereocenters. The van der Waals surface area contributed by atoms with Gasteiger partial charge < -0.3 is 4.74 Å². The molecular formula is C16H24O. The summed E-state index contributed by atoms with van der Waals surface area (Å²) in [6, 6.07) is 0. The van der Waals surface area contributed by atoms with Gasteiger partial charge in [-0.25, -0.2) is 0 Å². The summed E-state index contributed by atoms with van der Waals surface area (Å²) in [7, 11) is 0. The molecule has 1 saturated carbocycles. The van der Waals surface area contributed by atoms with Crippen LogP contribution in [0.5, 0.6) is 0 Å². The van der Waals surface area contributed by atoms with Gasteiger partial charge in [-0.15, -0.1) is 0 Å². The topological polar surface area (TPSA) is 9.23 Å². The number of fused-ring (bicyclic) bond motifs is 1. The predicted octanol–water partition coefficient (Wildman–Crippen LogP) is 4.76. The van der Waals surface area contributed by atoms with Crippen LogP contribution in [0, 0.1) is 5.92 Å². The second-order valence-corrected chi connectivity index (χ2v) is 5.12. The van der Waals surface area contributed by atoms with E-state index in [1.54, 1.807) is 0 Å². The Bertz CT molecular complexity index is 324. The van der Waals surface area contributed by atoms with Gasteiger partial charge in [0.1, 0.15) is 11.9 Å². The Balaban J connectivity index is 2.19. The highest BCUT2D eigenvalue weighted by Gasteiger charge is 2.35. The molecule has 2 aliphatic rings. The lowest BCUT2D eigenvalue weighted by atomic mass is 9.88. The maximum atomic E-state index is 6.12. The number of ether oxygens (including phenoxy) is 1. The Morgan fingerprint density at radius 3 is 2.53 bits per heavy atom. The quantitative estimate of drug-likeness (QED) is 0.633. The lowest BCUT2D eigenvalue weighted by Crippen LogP contribution is -2.16. The van der Waals surface area contributed by atoms with Crippen molar-refractivity contribution >= 4 is 0 Å². The van der Waals surface area contributed by atoms with Crippen molar-refractivity contribution in [2.75, 3.05) is 0 Å². The molecule has 0 spiro atoms. The van der Waals surface area contributed by atoms with Gasteiger partial charge in [0.2, 0.25) is 0 Å². The summed E-state index contributed by atoms with van der Waals surface area (Å²) in [6.07, 6.45) is 15.9. The van der Waals surface area contributed by atoms with Crippen LogP contribution in [0.15, 0.2) is 36.1 Å². The van der Waals surface area contributed by atoms with Crippen molar-refractivity contribution in [2.45, 2.75) is 58.0 Å². The molecule has 1 heteroatoms. The van der Waals surface area contributed by atoms with E-state index in [0.717, 1.165) is 5.76 Å². The van der Waals surface area contributed by atoms with Crippen molar-refractivity contribution in [1.29, 1.82) is 0 Å². The first-order valence-corrected chi connectivity index (χ1v) is 7.02. The molecule has 0 bridgehead atoms. The molecule has 1 aliphatic carbocycles. The average Bonchev–Trinajstić information content (AvgIpc) is 2.70. The minimum atomic E-state index is 0.422. The van der Waals surface area contributed by atoms with Crippen LogP contribution >= 0.6 is 0 Å². The first-order chi connectivity index (χ1) is 8.36. The summed E-state index contributed by atoms with van der Waals surface area (Å²) in [5.74, 6) is 1.71. The highest BCUT2D eigenvalue weighted by Crippen LogP contribution is 2.41. The smallest absolute Gasteiger partial charge is 0.119 e. The van der Waals surface area contributed by atoms with Gasteiger partial charge in [0, 0.05) is 11.5 Å². The van der Waals surface area contributed by atoms with Crippen molar-refractivity contribution in [2.24, 2.45) is 5.92 Å². The van der Waals surface area contributed by atoms with Crippen LogP contribution in [0.1, 0.15) is 51.9 Å². The zero-order valence-electron chi connectivity index (χ0n) is 11.0. The fourth-order valence-electron chi connectivity index (χ4n) is 3.11. The second-order valence-electron chi connectivity index (χ2n) is 5.12. The third-order valence-electron chi connectivity index (χ3n) is 3.97. The number of rotatable bonds is 1. The van der Waals surface area contributed by atoms with E-state index in [2.05, 4.69) is 25.7 Å². The van der Waals surface area contributed by atoms with Crippen molar-refractivity contribution in [3.05, 3.63) is 36.1 Å². The summed E-state index contributed by atoms with van der Waals surface area (Å²) >= 11 is 0. The molecule has 17 heavy (non-hydrogen) atoms. The summed E-state index contributed by atoms with van der Waals surface area (Å²) in [6.45, 7) is 5.90. The molecule has 2 rings (SSSR count). The Morgan fingerprint density at radius 2 is 1.82 bits per heavy atom. The van der Waals surface area contributed by atoms with Crippen LogP contribution in [0.3, 0.4) is 0 Å². The van der Waals surface area contributed by atoms with E-state index in [4.69, 9.17) is 4.74 Å². The van der Waals surface area contributed by atoms with E-state index in [1.807, 2.05) is 6.08 Å². The van der Waals surface area contributed by atoms with Gasteiger partial charge in [-0.1, -0.05) is 44.4 Å². The molecule has 1 saturated heterocycles. The number of hydrogen-bond acceptors (Lipinski definition) is 1. The summed E-state index contributed by atoms with van der Waals surface area (Å²) in [4.78, 5) is 0. The molecule has 0 aromatic carbocycles. The fraction of sp³-hybridized carbons (Fsp3) is 0.625. The SMILES string of the molecule is C=C/C=C1\C(=C/C)OC2CCCCCCCC12. The molecule has 1 heterocycles. The normalized spacial score (nSPS) is 34.6. The first kappa shape index (κ1) is 12.5. The standard InChI is InChI=1S/C16H24O/c1-3-10-13-14-11-8-6-5-7-9-12-16(14)17-15(13)4-2/h3-4,10,14,16H,1,5-9,11-12H2,2H3/b13-10-,15-4+. The zero-order chi connectivity index (χ0) is 12.1. The minimum Gasteiger partial charge on any atom is -0.490 e. The van der Waals surface area contributed by atoms with Crippen LogP contribution in [0.4, 0.5) is 0 Å². The van der Waals surface area contributed by atoms with E-state index >= 15 is 0 Å². The van der Waals surface area contributed by atoms with Gasteiger partial charge >= 0.3 is 0 Å². The summed E-state index contributed by atoms with van der Waals surface area (Å²) in [5, 5.41) is 0. The maximum absolute atomic E-state index is 6.12. The molecule has 94 valence electrons. The molecule has 0 aromatic rings. The first-order valence-electron chi connectivity index (χ1n) is 7.02. The Labute approximate surface area is 105 Å². The molecule has 0 aromatic heterocycles. The summed E-state index contributed by atoms with van der Waals surface area (Å²) in [5.41, 5.74) is 1.38. The van der Waals surface area contributed by atoms with Gasteiger partial charge in [0.25, 0.3) is 0 Å². The molecule has 1 nitrogen and oxygen atoms in total. The van der Waals surface area contributed by atoms with Crippen molar-refractivity contribution < 1.29 is 4.74 Å². The van der Waals surface area contributed by atoms with E-state index in [1.165, 1.54) is 50.5 Å². The second kappa shape index (κ2) is 6.09. The monoisotopic (exact) mass is 232 g/mol. The van der Waals surface area contributed by atoms with Crippen molar-refractivity contribution in [3.8, 4) is 0 Å². The van der Waals surface area contributed by atoms with Gasteiger partial charge in [0.05, 0.1) is 0 Å². The van der Waals surface area contributed by atoms with Crippen LogP contribution in [0.25, 0.3) is 0 Å². The van der Waals surface area contributed by atoms with Gasteiger partial charge in [0.15, 0.2) is 0 Å². The minimum absolute atomic E-state index is 0.422. The lowest BCUT2D eigenvalue weighted by molar-refractivity contribution is 0.117. The molecule has 0 amide bonds. The molecule has 2 unspecified atom stereocenters. The average molecular weight is 232 g/mol. The zero-order valence-corrected chi connectivity index (χ0v) is 11.0. The van der Waals surface area contributed by atoms with E-state index in [0.29, 0.717) is 12.0 Å². The molecule has 0 radical (unpaired) electrons. The van der Waals surface area contributed by atoms with Gasteiger partial charge in [-0.3, -0.25) is 0 Å². The van der Waals surface area contributed by atoms with Crippen LogP contribution < -0.4 is 0 Å². The molecule has 0 N–H and O–H groups in total. The lowest BCUT2D eigenvalue weighted by Gasteiger charge is -2.16. The van der Waals surface area contributed by atoms with E-state index < -0.39 is 0 Å². The van der Waals surface area contributed by atoms with Gasteiger partial charge in [-0.05, 0) is 32.3 Å². The molecule has 1 aliphatic heterocycles. The highest BCUT2D eigenvalue weighted by atomic mass is 16.5. The van der Waals surface area contributed by atoms with E-state index in [-0.39, 0.29) is 0 Å². The van der Waals surface area contributed by atoms with Crippen molar-refractivity contribution in [1.82, 2.24) is 0 Å². The largest absolute Gasteiger partial charge is 0.490 e. The Morgan fingerprint density at radius 1 is 1.12 bits per heavy atom. The maximum Gasteiger partial charge on any atom is 0.119 e. The molecule has 2 fully saturated rings. The third-order valence-corrected chi connectivity index (χ3v) is 3.97. The van der Waals surface area contributed by atoms with Crippen LogP contribution in [-0.2, 0) is 4.74 Å². The predicted molar refractivity (Wildman–Crippen MR) is 72.7 cm³/mol. The number of hydrogen-bond donors (Lipinski definition) is 0. The van der Waals surface area contributed by atoms with E-state index in [9.17, 15) is 0 Å².